The van der Waals surface area contributed by atoms with Crippen LogP contribution in [0.25, 0.3) is 17.1 Å². The first-order valence-electron chi connectivity index (χ1n) is 11.5. The Morgan fingerprint density at radius 2 is 1.70 bits per heavy atom. The summed E-state index contributed by atoms with van der Waals surface area (Å²) in [5.41, 5.74) is 3.79. The Morgan fingerprint density at radius 3 is 2.48 bits per heavy atom. The van der Waals surface area contributed by atoms with Crippen LogP contribution < -0.4 is 15.8 Å². The van der Waals surface area contributed by atoms with Gasteiger partial charge < -0.3 is 10.2 Å². The lowest BCUT2D eigenvalue weighted by atomic mass is 10.1. The van der Waals surface area contributed by atoms with Crippen LogP contribution in [0.5, 0.6) is 0 Å². The van der Waals surface area contributed by atoms with Crippen molar-refractivity contribution in [2.45, 2.75) is 25.8 Å². The van der Waals surface area contributed by atoms with Crippen LogP contribution >= 0.6 is 0 Å². The second-order valence-electron chi connectivity index (χ2n) is 8.29. The third-order valence-corrected chi connectivity index (χ3v) is 5.97. The standard InChI is InChI=1S/C27H27N5O/c33-25-16-11-22-20-28-27(29-23-12-14-24(15-13-23)31-17-5-2-6-18-31)30-26(22)32(25)19-7-10-21-8-3-1-4-9-21/h1,3-4,7-16,20H,2,5-6,17-19H2,(H,28,29,30)/b10-7+. The van der Waals surface area contributed by atoms with Crippen molar-refractivity contribution in [3.05, 3.63) is 94.9 Å². The fraction of sp³-hybridized carbons (Fsp3) is 0.222. The van der Waals surface area contributed by atoms with Gasteiger partial charge in [-0.25, -0.2) is 4.98 Å². The van der Waals surface area contributed by atoms with Gasteiger partial charge in [0, 0.05) is 48.7 Å². The molecule has 166 valence electrons. The van der Waals surface area contributed by atoms with Crippen molar-refractivity contribution in [3.63, 3.8) is 0 Å². The van der Waals surface area contributed by atoms with Crippen LogP contribution in [0.1, 0.15) is 24.8 Å². The zero-order valence-corrected chi connectivity index (χ0v) is 18.5. The largest absolute Gasteiger partial charge is 0.372 e. The summed E-state index contributed by atoms with van der Waals surface area (Å²) in [5.74, 6) is 0.472. The molecule has 0 amide bonds. The number of aromatic nitrogens is 3. The van der Waals surface area contributed by atoms with E-state index in [1.807, 2.05) is 42.5 Å². The van der Waals surface area contributed by atoms with Gasteiger partial charge in [0.25, 0.3) is 5.56 Å². The van der Waals surface area contributed by atoms with Crippen molar-refractivity contribution >= 4 is 34.4 Å². The second-order valence-corrected chi connectivity index (χ2v) is 8.29. The molecule has 2 aromatic heterocycles. The van der Waals surface area contributed by atoms with Gasteiger partial charge in [0.15, 0.2) is 0 Å². The number of pyridine rings is 1. The van der Waals surface area contributed by atoms with Gasteiger partial charge in [0.1, 0.15) is 5.65 Å². The third-order valence-electron chi connectivity index (χ3n) is 5.97. The molecule has 6 nitrogen and oxygen atoms in total. The predicted octanol–water partition coefficient (Wildman–Crippen LogP) is 5.24. The molecule has 0 unspecified atom stereocenters. The minimum absolute atomic E-state index is 0.0873. The number of nitrogens with one attached hydrogen (secondary N) is 1. The first kappa shape index (κ1) is 20.9. The van der Waals surface area contributed by atoms with Crippen molar-refractivity contribution < 1.29 is 0 Å². The molecule has 1 aliphatic heterocycles. The minimum atomic E-state index is -0.0873. The topological polar surface area (TPSA) is 63.1 Å². The van der Waals surface area contributed by atoms with Crippen LogP contribution in [0.3, 0.4) is 0 Å². The Labute approximate surface area is 193 Å². The van der Waals surface area contributed by atoms with Crippen molar-refractivity contribution in [2.75, 3.05) is 23.3 Å². The summed E-state index contributed by atoms with van der Waals surface area (Å²) in [6.07, 6.45) is 9.58. The van der Waals surface area contributed by atoms with Crippen LogP contribution in [0.4, 0.5) is 17.3 Å². The number of hydrogen-bond acceptors (Lipinski definition) is 5. The first-order valence-corrected chi connectivity index (χ1v) is 11.5. The molecule has 1 fully saturated rings. The van der Waals surface area contributed by atoms with Crippen LogP contribution in [-0.2, 0) is 6.54 Å². The molecule has 0 atom stereocenters. The minimum Gasteiger partial charge on any atom is -0.372 e. The molecule has 3 heterocycles. The molecule has 0 aliphatic carbocycles. The number of piperidine rings is 1. The number of rotatable bonds is 6. The zero-order valence-electron chi connectivity index (χ0n) is 18.5. The molecule has 4 aromatic rings. The lowest BCUT2D eigenvalue weighted by Gasteiger charge is -2.28. The number of benzene rings is 2. The molecule has 0 bridgehead atoms. The maximum absolute atomic E-state index is 12.6. The molecule has 0 radical (unpaired) electrons. The van der Waals surface area contributed by atoms with Crippen molar-refractivity contribution in [3.8, 4) is 0 Å². The van der Waals surface area contributed by atoms with Crippen LogP contribution in [0.2, 0.25) is 0 Å². The van der Waals surface area contributed by atoms with E-state index in [9.17, 15) is 4.79 Å². The summed E-state index contributed by atoms with van der Waals surface area (Å²) in [5, 5.41) is 4.11. The summed E-state index contributed by atoms with van der Waals surface area (Å²) < 4.78 is 1.67. The molecule has 0 saturated carbocycles. The van der Waals surface area contributed by atoms with Gasteiger partial charge in [0.2, 0.25) is 5.95 Å². The van der Waals surface area contributed by atoms with E-state index in [0.717, 1.165) is 29.7 Å². The molecule has 1 aliphatic rings. The van der Waals surface area contributed by atoms with Gasteiger partial charge in [-0.05, 0) is 55.2 Å². The Morgan fingerprint density at radius 1 is 0.909 bits per heavy atom. The lowest BCUT2D eigenvalue weighted by molar-refractivity contribution is 0.578. The second kappa shape index (κ2) is 9.69. The fourth-order valence-corrected chi connectivity index (χ4v) is 4.20. The van der Waals surface area contributed by atoms with Crippen LogP contribution in [-0.4, -0.2) is 27.6 Å². The molecule has 2 aromatic carbocycles. The average Bonchev–Trinajstić information content (AvgIpc) is 2.87. The molecule has 33 heavy (non-hydrogen) atoms. The third kappa shape index (κ3) is 4.95. The Kier molecular flexibility index (Phi) is 6.15. The Balaban J connectivity index is 1.36. The maximum atomic E-state index is 12.6. The molecule has 0 spiro atoms. The highest BCUT2D eigenvalue weighted by molar-refractivity contribution is 5.76. The summed E-state index contributed by atoms with van der Waals surface area (Å²) >= 11 is 0. The quantitative estimate of drug-likeness (QED) is 0.447. The van der Waals surface area contributed by atoms with Gasteiger partial charge in [-0.1, -0.05) is 42.5 Å². The summed E-state index contributed by atoms with van der Waals surface area (Å²) in [7, 11) is 0. The van der Waals surface area contributed by atoms with Gasteiger partial charge in [-0.15, -0.1) is 0 Å². The van der Waals surface area contributed by atoms with Gasteiger partial charge >= 0.3 is 0 Å². The van der Waals surface area contributed by atoms with E-state index in [1.165, 1.54) is 24.9 Å². The maximum Gasteiger partial charge on any atom is 0.252 e. The number of anilines is 3. The smallest absolute Gasteiger partial charge is 0.252 e. The van der Waals surface area contributed by atoms with Gasteiger partial charge in [0.05, 0.1) is 0 Å². The molecular formula is C27H27N5O. The molecule has 6 heteroatoms. The highest BCUT2D eigenvalue weighted by atomic mass is 16.1. The summed E-state index contributed by atoms with van der Waals surface area (Å²) in [6.45, 7) is 2.68. The zero-order chi connectivity index (χ0) is 22.5. The highest BCUT2D eigenvalue weighted by Crippen LogP contribution is 2.23. The van der Waals surface area contributed by atoms with E-state index < -0.39 is 0 Å². The monoisotopic (exact) mass is 437 g/mol. The summed E-state index contributed by atoms with van der Waals surface area (Å²) in [6, 6.07) is 21.8. The highest BCUT2D eigenvalue weighted by Gasteiger charge is 2.11. The normalized spacial score (nSPS) is 14.1. The predicted molar refractivity (Wildman–Crippen MR) is 135 cm³/mol. The molecule has 5 rings (SSSR count). The molecule has 1 N–H and O–H groups in total. The van der Waals surface area contributed by atoms with E-state index >= 15 is 0 Å². The van der Waals surface area contributed by atoms with Crippen molar-refractivity contribution in [1.82, 2.24) is 14.5 Å². The van der Waals surface area contributed by atoms with Gasteiger partial charge in [-0.3, -0.25) is 9.36 Å². The molecule has 1 saturated heterocycles. The van der Waals surface area contributed by atoms with Crippen molar-refractivity contribution in [2.24, 2.45) is 0 Å². The van der Waals surface area contributed by atoms with Crippen LogP contribution in [0.15, 0.2) is 83.8 Å². The van der Waals surface area contributed by atoms with E-state index in [4.69, 9.17) is 0 Å². The van der Waals surface area contributed by atoms with E-state index in [1.54, 1.807) is 22.9 Å². The van der Waals surface area contributed by atoms with E-state index in [-0.39, 0.29) is 5.56 Å². The first-order chi connectivity index (χ1) is 16.3. The van der Waals surface area contributed by atoms with E-state index in [2.05, 4.69) is 44.5 Å². The van der Waals surface area contributed by atoms with Crippen LogP contribution in [0, 0.1) is 0 Å². The number of allylic oxidation sites excluding steroid dienone is 1. The number of fused-ring (bicyclic) bond motifs is 1. The van der Waals surface area contributed by atoms with E-state index in [0.29, 0.717) is 18.1 Å². The Hall–Kier alpha value is -3.93. The SMILES string of the molecule is O=c1ccc2cnc(Nc3ccc(N4CCCCC4)cc3)nc2n1C/C=C/c1ccccc1. The number of hydrogen-bond donors (Lipinski definition) is 1. The average molecular weight is 438 g/mol. The Bertz CT molecular complexity index is 1310. The lowest BCUT2D eigenvalue weighted by Crippen LogP contribution is -2.29. The number of nitrogens with zero attached hydrogens (tertiary/aromatic N) is 4. The van der Waals surface area contributed by atoms with Gasteiger partial charge in [-0.2, -0.15) is 4.98 Å². The fourth-order valence-electron chi connectivity index (χ4n) is 4.20. The van der Waals surface area contributed by atoms with Crippen molar-refractivity contribution in [1.29, 1.82) is 0 Å². The summed E-state index contributed by atoms with van der Waals surface area (Å²) in [4.78, 5) is 24.1. The molecular weight excluding hydrogens is 410 g/mol.